The Bertz CT molecular complexity index is 886. The first-order chi connectivity index (χ1) is 12.0. The number of carbonyl (C=O) groups is 1. The van der Waals surface area contributed by atoms with Crippen LogP contribution < -0.4 is 4.90 Å². The number of aromatic nitrogens is 1. The van der Waals surface area contributed by atoms with E-state index in [1.807, 2.05) is 61.6 Å². The van der Waals surface area contributed by atoms with Crippen molar-refractivity contribution in [2.45, 2.75) is 12.8 Å². The fourth-order valence-corrected chi connectivity index (χ4v) is 2.95. The number of H-pyrrole nitrogens is 1. The van der Waals surface area contributed by atoms with Crippen LogP contribution in [0.3, 0.4) is 0 Å². The molecule has 3 aromatic rings. The molecule has 0 amide bonds. The van der Waals surface area contributed by atoms with Gasteiger partial charge in [-0.2, -0.15) is 0 Å². The minimum Gasteiger partial charge on any atom is -0.462 e. The zero-order valence-corrected chi connectivity index (χ0v) is 15.1. The van der Waals surface area contributed by atoms with E-state index >= 15 is 0 Å². The van der Waals surface area contributed by atoms with Crippen LogP contribution in [-0.4, -0.2) is 31.7 Å². The second-order valence-corrected chi connectivity index (χ2v) is 6.62. The molecule has 2 aromatic carbocycles. The maximum atomic E-state index is 12.2. The Morgan fingerprint density at radius 2 is 2.04 bits per heavy atom. The zero-order chi connectivity index (χ0) is 17.8. The van der Waals surface area contributed by atoms with E-state index in [1.165, 1.54) is 5.56 Å². The number of halogens is 1. The lowest BCUT2D eigenvalue weighted by Crippen LogP contribution is -2.11. The van der Waals surface area contributed by atoms with Gasteiger partial charge in [-0.25, -0.2) is 4.79 Å². The predicted octanol–water partition coefficient (Wildman–Crippen LogP) is 4.68. The maximum Gasteiger partial charge on any atom is 0.338 e. The standard InChI is InChI=1S/C20H21ClN2O2/c1-23(2)17-7-3-5-14(11-17)20(24)25-10-4-6-15-13-22-19-9-8-16(21)12-18(15)19/h3,5,7-9,11-13,22H,4,6,10H2,1-2H3. The highest BCUT2D eigenvalue weighted by Crippen LogP contribution is 2.23. The molecule has 0 saturated carbocycles. The van der Waals surface area contributed by atoms with Crippen LogP contribution in [-0.2, 0) is 11.2 Å². The monoisotopic (exact) mass is 356 g/mol. The lowest BCUT2D eigenvalue weighted by atomic mass is 10.1. The highest BCUT2D eigenvalue weighted by atomic mass is 35.5. The van der Waals surface area contributed by atoms with Gasteiger partial charge in [0.05, 0.1) is 12.2 Å². The second kappa shape index (κ2) is 7.62. The van der Waals surface area contributed by atoms with E-state index in [9.17, 15) is 4.79 Å². The molecule has 1 N–H and O–H groups in total. The summed E-state index contributed by atoms with van der Waals surface area (Å²) >= 11 is 6.07. The molecule has 0 atom stereocenters. The molecule has 0 aliphatic carbocycles. The van der Waals surface area contributed by atoms with Gasteiger partial charge in [0, 0.05) is 41.9 Å². The number of esters is 1. The van der Waals surface area contributed by atoms with Gasteiger partial charge in [0.1, 0.15) is 0 Å². The summed E-state index contributed by atoms with van der Waals surface area (Å²) in [5.74, 6) is -0.286. The number of hydrogen-bond donors (Lipinski definition) is 1. The molecule has 0 fully saturated rings. The summed E-state index contributed by atoms with van der Waals surface area (Å²) in [4.78, 5) is 17.4. The molecular formula is C20H21ClN2O2. The molecule has 0 aliphatic rings. The summed E-state index contributed by atoms with van der Waals surface area (Å²) < 4.78 is 5.40. The van der Waals surface area contributed by atoms with Crippen molar-refractivity contribution < 1.29 is 9.53 Å². The van der Waals surface area contributed by atoms with Gasteiger partial charge >= 0.3 is 5.97 Å². The van der Waals surface area contributed by atoms with E-state index in [2.05, 4.69) is 4.98 Å². The number of aryl methyl sites for hydroxylation is 1. The van der Waals surface area contributed by atoms with Gasteiger partial charge in [-0.15, -0.1) is 0 Å². The van der Waals surface area contributed by atoms with Gasteiger partial charge in [0.2, 0.25) is 0 Å². The van der Waals surface area contributed by atoms with Crippen molar-refractivity contribution in [2.75, 3.05) is 25.6 Å². The van der Waals surface area contributed by atoms with Crippen LogP contribution in [0.15, 0.2) is 48.7 Å². The van der Waals surface area contributed by atoms with Crippen molar-refractivity contribution >= 4 is 34.2 Å². The Labute approximate surface area is 152 Å². The van der Waals surface area contributed by atoms with Gasteiger partial charge in [-0.05, 0) is 54.8 Å². The largest absolute Gasteiger partial charge is 0.462 e. The summed E-state index contributed by atoms with van der Waals surface area (Å²) in [6, 6.07) is 13.2. The number of aromatic amines is 1. The van der Waals surface area contributed by atoms with Crippen molar-refractivity contribution in [3.8, 4) is 0 Å². The molecule has 0 unspecified atom stereocenters. The molecule has 0 bridgehead atoms. The van der Waals surface area contributed by atoms with E-state index in [-0.39, 0.29) is 5.97 Å². The Balaban J connectivity index is 1.55. The maximum absolute atomic E-state index is 12.2. The second-order valence-electron chi connectivity index (χ2n) is 6.19. The third kappa shape index (κ3) is 4.15. The molecule has 25 heavy (non-hydrogen) atoms. The van der Waals surface area contributed by atoms with Gasteiger partial charge in [-0.3, -0.25) is 0 Å². The summed E-state index contributed by atoms with van der Waals surface area (Å²) in [6.07, 6.45) is 3.58. The zero-order valence-electron chi connectivity index (χ0n) is 14.4. The quantitative estimate of drug-likeness (QED) is 0.515. The lowest BCUT2D eigenvalue weighted by molar-refractivity contribution is 0.0501. The van der Waals surface area contributed by atoms with Crippen LogP contribution in [0.25, 0.3) is 10.9 Å². The molecular weight excluding hydrogens is 336 g/mol. The van der Waals surface area contributed by atoms with Crippen LogP contribution in [0.4, 0.5) is 5.69 Å². The lowest BCUT2D eigenvalue weighted by Gasteiger charge is -2.13. The molecule has 5 heteroatoms. The Kier molecular flexibility index (Phi) is 5.29. The minimum atomic E-state index is -0.286. The van der Waals surface area contributed by atoms with Crippen LogP contribution in [0.1, 0.15) is 22.3 Å². The Hall–Kier alpha value is -2.46. The average molecular weight is 357 g/mol. The topological polar surface area (TPSA) is 45.3 Å². The number of rotatable bonds is 6. The van der Waals surface area contributed by atoms with E-state index in [0.717, 1.165) is 34.5 Å². The van der Waals surface area contributed by atoms with Gasteiger partial charge in [0.15, 0.2) is 0 Å². The molecule has 130 valence electrons. The number of nitrogens with one attached hydrogen (secondary N) is 1. The molecule has 0 spiro atoms. The van der Waals surface area contributed by atoms with Crippen molar-refractivity contribution in [2.24, 2.45) is 0 Å². The molecule has 0 aliphatic heterocycles. The van der Waals surface area contributed by atoms with Crippen molar-refractivity contribution in [3.63, 3.8) is 0 Å². The Morgan fingerprint density at radius 1 is 1.20 bits per heavy atom. The summed E-state index contributed by atoms with van der Waals surface area (Å²) in [7, 11) is 3.88. The first-order valence-corrected chi connectivity index (χ1v) is 8.62. The normalized spacial score (nSPS) is 10.8. The smallest absolute Gasteiger partial charge is 0.338 e. The molecule has 4 nitrogen and oxygen atoms in total. The van der Waals surface area contributed by atoms with Crippen LogP contribution >= 0.6 is 11.6 Å². The molecule has 3 rings (SSSR count). The van der Waals surface area contributed by atoms with Crippen LogP contribution in [0.5, 0.6) is 0 Å². The van der Waals surface area contributed by atoms with Crippen molar-refractivity contribution in [1.29, 1.82) is 0 Å². The fourth-order valence-electron chi connectivity index (χ4n) is 2.78. The molecule has 0 saturated heterocycles. The third-order valence-corrected chi connectivity index (χ3v) is 4.39. The average Bonchev–Trinajstić information content (AvgIpc) is 3.00. The SMILES string of the molecule is CN(C)c1cccc(C(=O)OCCCc2c[nH]c3ccc(Cl)cc23)c1. The third-order valence-electron chi connectivity index (χ3n) is 4.15. The highest BCUT2D eigenvalue weighted by molar-refractivity contribution is 6.31. The van der Waals surface area contributed by atoms with E-state index in [1.54, 1.807) is 6.07 Å². The number of fused-ring (bicyclic) bond motifs is 1. The highest BCUT2D eigenvalue weighted by Gasteiger charge is 2.09. The van der Waals surface area contributed by atoms with Crippen LogP contribution in [0, 0.1) is 0 Å². The number of hydrogen-bond acceptors (Lipinski definition) is 3. The van der Waals surface area contributed by atoms with E-state index < -0.39 is 0 Å². The van der Waals surface area contributed by atoms with Crippen LogP contribution in [0.2, 0.25) is 5.02 Å². The number of ether oxygens (including phenoxy) is 1. The number of nitrogens with zero attached hydrogens (tertiary/aromatic N) is 1. The van der Waals surface area contributed by atoms with E-state index in [0.29, 0.717) is 12.2 Å². The van der Waals surface area contributed by atoms with Gasteiger partial charge in [0.25, 0.3) is 0 Å². The Morgan fingerprint density at radius 3 is 2.84 bits per heavy atom. The number of anilines is 1. The van der Waals surface area contributed by atoms with E-state index in [4.69, 9.17) is 16.3 Å². The number of benzene rings is 2. The van der Waals surface area contributed by atoms with Crippen molar-refractivity contribution in [3.05, 3.63) is 64.8 Å². The van der Waals surface area contributed by atoms with Gasteiger partial charge < -0.3 is 14.6 Å². The summed E-state index contributed by atoms with van der Waals surface area (Å²) in [5, 5.41) is 1.85. The predicted molar refractivity (Wildman–Crippen MR) is 103 cm³/mol. The van der Waals surface area contributed by atoms with Crippen molar-refractivity contribution in [1.82, 2.24) is 4.98 Å². The molecule has 1 aromatic heterocycles. The van der Waals surface area contributed by atoms with Gasteiger partial charge in [-0.1, -0.05) is 17.7 Å². The first-order valence-electron chi connectivity index (χ1n) is 8.24. The summed E-state index contributed by atoms with van der Waals surface area (Å²) in [6.45, 7) is 0.387. The first kappa shape index (κ1) is 17.4. The minimum absolute atomic E-state index is 0.286. The summed E-state index contributed by atoms with van der Waals surface area (Å²) in [5.41, 5.74) is 3.80. The number of carbonyl (C=O) groups excluding carboxylic acids is 1. The molecule has 1 heterocycles. The fraction of sp³-hybridized carbons (Fsp3) is 0.250. The molecule has 0 radical (unpaired) electrons.